The minimum atomic E-state index is -0.109. The molecule has 0 aromatic heterocycles. The SMILES string of the molecule is COC(=O)CC1CCN1Cc1ccccc1. The molecule has 0 spiro atoms. The van der Waals surface area contributed by atoms with E-state index in [-0.39, 0.29) is 5.97 Å². The number of esters is 1. The van der Waals surface area contributed by atoms with E-state index in [0.717, 1.165) is 19.5 Å². The fraction of sp³-hybridized carbons (Fsp3) is 0.462. The largest absolute Gasteiger partial charge is 0.469 e. The maximum absolute atomic E-state index is 11.2. The molecule has 1 atom stereocenters. The van der Waals surface area contributed by atoms with Gasteiger partial charge in [0.15, 0.2) is 0 Å². The van der Waals surface area contributed by atoms with Crippen LogP contribution in [-0.2, 0) is 16.1 Å². The Morgan fingerprint density at radius 2 is 2.19 bits per heavy atom. The normalized spacial score (nSPS) is 20.2. The van der Waals surface area contributed by atoms with Crippen LogP contribution in [0.5, 0.6) is 0 Å². The van der Waals surface area contributed by atoms with E-state index in [1.54, 1.807) is 0 Å². The van der Waals surface area contributed by atoms with Crippen LogP contribution < -0.4 is 0 Å². The van der Waals surface area contributed by atoms with E-state index >= 15 is 0 Å². The molecule has 1 heterocycles. The minimum Gasteiger partial charge on any atom is -0.469 e. The van der Waals surface area contributed by atoms with Gasteiger partial charge in [-0.1, -0.05) is 30.3 Å². The predicted molar refractivity (Wildman–Crippen MR) is 61.9 cm³/mol. The zero-order chi connectivity index (χ0) is 11.4. The highest BCUT2D eigenvalue weighted by Gasteiger charge is 2.29. The molecule has 0 radical (unpaired) electrons. The van der Waals surface area contributed by atoms with Crippen molar-refractivity contribution in [1.82, 2.24) is 4.90 Å². The molecule has 16 heavy (non-hydrogen) atoms. The second-order valence-corrected chi connectivity index (χ2v) is 4.18. The molecule has 1 aromatic carbocycles. The zero-order valence-corrected chi connectivity index (χ0v) is 9.56. The molecule has 86 valence electrons. The third kappa shape index (κ3) is 2.61. The summed E-state index contributed by atoms with van der Waals surface area (Å²) >= 11 is 0. The van der Waals surface area contributed by atoms with Gasteiger partial charge in [0.2, 0.25) is 0 Å². The summed E-state index contributed by atoms with van der Waals surface area (Å²) in [5.41, 5.74) is 1.30. The summed E-state index contributed by atoms with van der Waals surface area (Å²) in [7, 11) is 1.45. The van der Waals surface area contributed by atoms with Crippen molar-refractivity contribution in [3.63, 3.8) is 0 Å². The molecule has 0 saturated carbocycles. The minimum absolute atomic E-state index is 0.109. The van der Waals surface area contributed by atoms with E-state index in [2.05, 4.69) is 21.8 Å². The van der Waals surface area contributed by atoms with Crippen LogP contribution >= 0.6 is 0 Å². The zero-order valence-electron chi connectivity index (χ0n) is 9.56. The fourth-order valence-electron chi connectivity index (χ4n) is 2.03. The van der Waals surface area contributed by atoms with Gasteiger partial charge in [-0.25, -0.2) is 0 Å². The van der Waals surface area contributed by atoms with Gasteiger partial charge in [0, 0.05) is 19.1 Å². The van der Waals surface area contributed by atoms with Crippen molar-refractivity contribution < 1.29 is 9.53 Å². The molecule has 1 aliphatic rings. The van der Waals surface area contributed by atoms with Gasteiger partial charge < -0.3 is 4.74 Å². The molecular formula is C13H17NO2. The average molecular weight is 219 g/mol. The van der Waals surface area contributed by atoms with Crippen LogP contribution in [-0.4, -0.2) is 30.6 Å². The highest BCUT2D eigenvalue weighted by atomic mass is 16.5. The second-order valence-electron chi connectivity index (χ2n) is 4.18. The van der Waals surface area contributed by atoms with Crippen LogP contribution in [0.2, 0.25) is 0 Å². The maximum Gasteiger partial charge on any atom is 0.307 e. The summed E-state index contributed by atoms with van der Waals surface area (Å²) in [6.45, 7) is 2.01. The lowest BCUT2D eigenvalue weighted by atomic mass is 9.98. The van der Waals surface area contributed by atoms with Gasteiger partial charge in [0.25, 0.3) is 0 Å². The van der Waals surface area contributed by atoms with E-state index in [0.29, 0.717) is 12.5 Å². The van der Waals surface area contributed by atoms with Crippen molar-refractivity contribution in [1.29, 1.82) is 0 Å². The van der Waals surface area contributed by atoms with E-state index in [1.807, 2.05) is 18.2 Å². The van der Waals surface area contributed by atoms with Gasteiger partial charge in [0.1, 0.15) is 0 Å². The van der Waals surface area contributed by atoms with Gasteiger partial charge in [0.05, 0.1) is 13.5 Å². The lowest BCUT2D eigenvalue weighted by Gasteiger charge is -2.40. The number of nitrogens with zero attached hydrogens (tertiary/aromatic N) is 1. The van der Waals surface area contributed by atoms with Crippen molar-refractivity contribution in [2.75, 3.05) is 13.7 Å². The molecule has 1 saturated heterocycles. The first-order valence-electron chi connectivity index (χ1n) is 5.64. The summed E-state index contributed by atoms with van der Waals surface area (Å²) in [4.78, 5) is 13.5. The molecule has 1 aromatic rings. The third-order valence-corrected chi connectivity index (χ3v) is 3.12. The van der Waals surface area contributed by atoms with Crippen molar-refractivity contribution in [3.05, 3.63) is 35.9 Å². The van der Waals surface area contributed by atoms with Crippen LogP contribution in [0.15, 0.2) is 30.3 Å². The standard InChI is InChI=1S/C13H17NO2/c1-16-13(15)9-12-7-8-14(12)10-11-5-3-2-4-6-11/h2-6,12H,7-10H2,1H3. The number of methoxy groups -OCH3 is 1. The van der Waals surface area contributed by atoms with Crippen LogP contribution in [0, 0.1) is 0 Å². The van der Waals surface area contributed by atoms with E-state index in [1.165, 1.54) is 12.7 Å². The Kier molecular flexibility index (Phi) is 3.57. The lowest BCUT2D eigenvalue weighted by Crippen LogP contribution is -2.48. The second kappa shape index (κ2) is 5.12. The Hall–Kier alpha value is -1.35. The van der Waals surface area contributed by atoms with Gasteiger partial charge in [-0.3, -0.25) is 9.69 Å². The summed E-state index contributed by atoms with van der Waals surface area (Å²) in [6.07, 6.45) is 1.62. The Morgan fingerprint density at radius 1 is 1.44 bits per heavy atom. The number of carbonyl (C=O) groups excluding carboxylic acids is 1. The molecule has 1 aliphatic heterocycles. The third-order valence-electron chi connectivity index (χ3n) is 3.12. The van der Waals surface area contributed by atoms with Gasteiger partial charge in [-0.15, -0.1) is 0 Å². The number of rotatable bonds is 4. The molecule has 0 bridgehead atoms. The molecular weight excluding hydrogens is 202 g/mol. The molecule has 0 amide bonds. The highest BCUT2D eigenvalue weighted by Crippen LogP contribution is 2.23. The lowest BCUT2D eigenvalue weighted by molar-refractivity contribution is -0.143. The maximum atomic E-state index is 11.2. The first-order chi connectivity index (χ1) is 7.79. The smallest absolute Gasteiger partial charge is 0.307 e. The molecule has 3 nitrogen and oxygen atoms in total. The van der Waals surface area contributed by atoms with Crippen molar-refractivity contribution in [2.24, 2.45) is 0 Å². The summed E-state index contributed by atoms with van der Waals surface area (Å²) in [5.74, 6) is -0.109. The number of likely N-dealkylation sites (tertiary alicyclic amines) is 1. The van der Waals surface area contributed by atoms with E-state index in [4.69, 9.17) is 0 Å². The van der Waals surface area contributed by atoms with Crippen molar-refractivity contribution in [3.8, 4) is 0 Å². The summed E-state index contributed by atoms with van der Waals surface area (Å²) < 4.78 is 4.69. The van der Waals surface area contributed by atoms with Gasteiger partial charge >= 0.3 is 5.97 Å². The number of hydrogen-bond acceptors (Lipinski definition) is 3. The van der Waals surface area contributed by atoms with E-state index < -0.39 is 0 Å². The monoisotopic (exact) mass is 219 g/mol. The van der Waals surface area contributed by atoms with Crippen molar-refractivity contribution in [2.45, 2.75) is 25.4 Å². The average Bonchev–Trinajstić information content (AvgIpc) is 2.32. The van der Waals surface area contributed by atoms with Gasteiger partial charge in [-0.2, -0.15) is 0 Å². The Labute approximate surface area is 96.0 Å². The first-order valence-corrected chi connectivity index (χ1v) is 5.64. The molecule has 0 aliphatic carbocycles. The number of benzene rings is 1. The quantitative estimate of drug-likeness (QED) is 0.723. The highest BCUT2D eigenvalue weighted by molar-refractivity contribution is 5.70. The topological polar surface area (TPSA) is 29.5 Å². The van der Waals surface area contributed by atoms with Crippen molar-refractivity contribution >= 4 is 5.97 Å². The summed E-state index contributed by atoms with van der Waals surface area (Å²) in [5, 5.41) is 0. The summed E-state index contributed by atoms with van der Waals surface area (Å²) in [6, 6.07) is 10.7. The van der Waals surface area contributed by atoms with E-state index in [9.17, 15) is 4.79 Å². The Balaban J connectivity index is 1.85. The van der Waals surface area contributed by atoms with Crippen LogP contribution in [0.1, 0.15) is 18.4 Å². The Bertz CT molecular complexity index is 350. The predicted octanol–water partition coefficient (Wildman–Crippen LogP) is 1.82. The number of carbonyl (C=O) groups is 1. The molecule has 0 N–H and O–H groups in total. The van der Waals surface area contributed by atoms with Gasteiger partial charge in [-0.05, 0) is 12.0 Å². The Morgan fingerprint density at radius 3 is 2.75 bits per heavy atom. The number of ether oxygens (including phenoxy) is 1. The van der Waals surface area contributed by atoms with Crippen LogP contribution in [0.4, 0.5) is 0 Å². The first kappa shape index (κ1) is 11.1. The molecule has 1 unspecified atom stereocenters. The fourth-order valence-corrected chi connectivity index (χ4v) is 2.03. The molecule has 2 rings (SSSR count). The van der Waals surface area contributed by atoms with Crippen LogP contribution in [0.25, 0.3) is 0 Å². The van der Waals surface area contributed by atoms with Crippen LogP contribution in [0.3, 0.4) is 0 Å². The molecule has 3 heteroatoms. The number of hydrogen-bond donors (Lipinski definition) is 0. The molecule has 1 fully saturated rings.